The van der Waals surface area contributed by atoms with Gasteiger partial charge in [-0.2, -0.15) is 0 Å². The highest BCUT2D eigenvalue weighted by molar-refractivity contribution is 5.79. The van der Waals surface area contributed by atoms with Crippen LogP contribution in [-0.4, -0.2) is 34.6 Å². The zero-order valence-corrected chi connectivity index (χ0v) is 8.20. The van der Waals surface area contributed by atoms with Crippen LogP contribution < -0.4 is 0 Å². The number of aliphatic hydroxyl groups is 1. The first kappa shape index (κ1) is 9.50. The second-order valence-electron chi connectivity index (χ2n) is 3.93. The van der Waals surface area contributed by atoms with Gasteiger partial charge in [0.05, 0.1) is 12.1 Å². The van der Waals surface area contributed by atoms with Crippen molar-refractivity contribution in [3.63, 3.8) is 0 Å². The maximum absolute atomic E-state index is 11.5. The number of hydrogen-bond donors (Lipinski definition) is 1. The highest BCUT2D eigenvalue weighted by Gasteiger charge is 2.37. The van der Waals surface area contributed by atoms with E-state index in [4.69, 9.17) is 0 Å². The Morgan fingerprint density at radius 3 is 3.00 bits per heavy atom. The summed E-state index contributed by atoms with van der Waals surface area (Å²) < 4.78 is 0. The van der Waals surface area contributed by atoms with Crippen LogP contribution in [-0.2, 0) is 4.79 Å². The molecule has 0 bridgehead atoms. The summed E-state index contributed by atoms with van der Waals surface area (Å²) in [4.78, 5) is 13.4. The molecule has 76 valence electrons. The van der Waals surface area contributed by atoms with Crippen molar-refractivity contribution in [1.82, 2.24) is 4.90 Å². The van der Waals surface area contributed by atoms with Crippen molar-refractivity contribution in [2.45, 2.75) is 37.8 Å². The molecule has 0 radical (unpaired) electrons. The van der Waals surface area contributed by atoms with Gasteiger partial charge in [-0.1, -0.05) is 6.58 Å². The molecule has 0 aliphatic carbocycles. The monoisotopic (exact) mass is 193 g/mol. The van der Waals surface area contributed by atoms with E-state index in [2.05, 4.69) is 12.3 Å². The normalized spacial score (nSPS) is 32.5. The predicted molar refractivity (Wildman–Crippen MR) is 52.6 cm³/mol. The number of aliphatic hydroxyl groups excluding tert-OH is 1. The summed E-state index contributed by atoms with van der Waals surface area (Å²) in [5.41, 5.74) is 3.62. The fourth-order valence-corrected chi connectivity index (χ4v) is 2.41. The van der Waals surface area contributed by atoms with Crippen molar-refractivity contribution in [3.05, 3.63) is 17.9 Å². The van der Waals surface area contributed by atoms with Crippen molar-refractivity contribution in [2.24, 2.45) is 0 Å². The molecule has 2 aliphatic heterocycles. The third-order valence-corrected chi connectivity index (χ3v) is 3.13. The van der Waals surface area contributed by atoms with E-state index in [1.807, 2.05) is 4.90 Å². The van der Waals surface area contributed by atoms with Crippen LogP contribution in [0.25, 0.3) is 0 Å². The summed E-state index contributed by atoms with van der Waals surface area (Å²) in [6, 6.07) is 0.0671. The third kappa shape index (κ3) is 1.39. The fourth-order valence-electron chi connectivity index (χ4n) is 2.41. The van der Waals surface area contributed by atoms with Gasteiger partial charge >= 0.3 is 0 Å². The largest absolute Gasteiger partial charge is 0.388 e. The van der Waals surface area contributed by atoms with Crippen LogP contribution in [0.1, 0.15) is 25.7 Å². The molecular formula is C11H15NO2. The minimum absolute atomic E-state index is 0.0671. The summed E-state index contributed by atoms with van der Waals surface area (Å²) in [5, 5.41) is 9.80. The van der Waals surface area contributed by atoms with Crippen LogP contribution >= 0.6 is 0 Å². The van der Waals surface area contributed by atoms with Crippen molar-refractivity contribution >= 4 is 5.91 Å². The van der Waals surface area contributed by atoms with Crippen LogP contribution in [0.5, 0.6) is 0 Å². The number of rotatable bonds is 0. The molecule has 0 aromatic heterocycles. The van der Waals surface area contributed by atoms with Gasteiger partial charge in [0.25, 0.3) is 0 Å². The smallest absolute Gasteiger partial charge is 0.223 e. The second kappa shape index (κ2) is 3.60. The lowest BCUT2D eigenvalue weighted by atomic mass is 9.99. The molecule has 2 heterocycles. The van der Waals surface area contributed by atoms with Gasteiger partial charge in [0.1, 0.15) is 0 Å². The van der Waals surface area contributed by atoms with E-state index in [-0.39, 0.29) is 11.9 Å². The molecule has 14 heavy (non-hydrogen) atoms. The molecule has 0 unspecified atom stereocenters. The van der Waals surface area contributed by atoms with E-state index in [9.17, 15) is 9.90 Å². The number of nitrogens with zero attached hydrogens (tertiary/aromatic N) is 1. The lowest BCUT2D eigenvalue weighted by Gasteiger charge is -2.23. The van der Waals surface area contributed by atoms with E-state index in [1.165, 1.54) is 0 Å². The minimum Gasteiger partial charge on any atom is -0.388 e. The average molecular weight is 193 g/mol. The highest BCUT2D eigenvalue weighted by Crippen LogP contribution is 2.30. The number of amides is 1. The summed E-state index contributed by atoms with van der Waals surface area (Å²) >= 11 is 0. The van der Waals surface area contributed by atoms with Gasteiger partial charge < -0.3 is 10.0 Å². The number of fused-ring (bicyclic) bond motifs is 1. The Hall–Kier alpha value is -1.05. The van der Waals surface area contributed by atoms with Gasteiger partial charge in [0, 0.05) is 18.5 Å². The zero-order valence-electron chi connectivity index (χ0n) is 8.20. The molecule has 1 amide bonds. The summed E-state index contributed by atoms with van der Waals surface area (Å²) in [5.74, 6) is 0.205. The van der Waals surface area contributed by atoms with Crippen molar-refractivity contribution in [2.75, 3.05) is 6.54 Å². The molecule has 0 saturated carbocycles. The Kier molecular flexibility index (Phi) is 2.44. The maximum atomic E-state index is 11.5. The number of carbonyl (C=O) groups excluding carboxylic acids is 1. The standard InChI is InChI=1S/C11H15NO2/c1-2-8-9-5-6-11(14)12(9)7-3-4-10(8)13/h9-10,13H,1,3-7H2/t9-,10+/m1/s1. The van der Waals surface area contributed by atoms with Gasteiger partial charge in [0.15, 0.2) is 0 Å². The maximum Gasteiger partial charge on any atom is 0.223 e. The first-order valence-electron chi connectivity index (χ1n) is 5.11. The molecule has 0 aromatic rings. The van der Waals surface area contributed by atoms with Crippen LogP contribution in [0.2, 0.25) is 0 Å². The molecule has 3 heteroatoms. The quantitative estimate of drug-likeness (QED) is 0.579. The molecule has 2 aliphatic rings. The van der Waals surface area contributed by atoms with Crippen molar-refractivity contribution < 1.29 is 9.90 Å². The lowest BCUT2D eigenvalue weighted by molar-refractivity contribution is -0.128. The molecule has 2 atom stereocenters. The SMILES string of the molecule is C=C=C1[C@H]2CCC(=O)N2CCC[C@@H]1O. The number of carbonyl (C=O) groups is 1. The topological polar surface area (TPSA) is 40.5 Å². The summed E-state index contributed by atoms with van der Waals surface area (Å²) in [6.45, 7) is 4.37. The van der Waals surface area contributed by atoms with Crippen LogP contribution in [0.3, 0.4) is 0 Å². The average Bonchev–Trinajstić information content (AvgIpc) is 2.45. The van der Waals surface area contributed by atoms with Gasteiger partial charge in [-0.05, 0) is 19.3 Å². The zero-order chi connectivity index (χ0) is 10.1. The lowest BCUT2D eigenvalue weighted by Crippen LogP contribution is -2.34. The van der Waals surface area contributed by atoms with E-state index in [0.717, 1.165) is 31.4 Å². The molecular weight excluding hydrogens is 178 g/mol. The van der Waals surface area contributed by atoms with Crippen molar-refractivity contribution in [3.8, 4) is 0 Å². The first-order valence-corrected chi connectivity index (χ1v) is 5.11. The van der Waals surface area contributed by atoms with Gasteiger partial charge in [-0.25, -0.2) is 0 Å². The van der Waals surface area contributed by atoms with Gasteiger partial charge in [-0.15, -0.1) is 5.73 Å². The molecule has 1 N–H and O–H groups in total. The molecule has 3 nitrogen and oxygen atoms in total. The Morgan fingerprint density at radius 1 is 1.50 bits per heavy atom. The fraction of sp³-hybridized carbons (Fsp3) is 0.636. The van der Waals surface area contributed by atoms with Crippen LogP contribution in [0.15, 0.2) is 17.9 Å². The number of hydrogen-bond acceptors (Lipinski definition) is 2. The predicted octanol–water partition coefficient (Wildman–Crippen LogP) is 0.843. The third-order valence-electron chi connectivity index (χ3n) is 3.13. The van der Waals surface area contributed by atoms with E-state index in [0.29, 0.717) is 6.42 Å². The van der Waals surface area contributed by atoms with E-state index < -0.39 is 6.10 Å². The Bertz CT molecular complexity index is 304. The molecule has 2 fully saturated rings. The molecule has 0 spiro atoms. The Balaban J connectivity index is 2.31. The van der Waals surface area contributed by atoms with Gasteiger partial charge in [-0.3, -0.25) is 4.79 Å². The van der Waals surface area contributed by atoms with Crippen molar-refractivity contribution in [1.29, 1.82) is 0 Å². The molecule has 2 saturated heterocycles. The van der Waals surface area contributed by atoms with Gasteiger partial charge in [0.2, 0.25) is 5.91 Å². The molecule has 0 aromatic carbocycles. The molecule has 2 rings (SSSR count). The Labute approximate surface area is 83.7 Å². The van der Waals surface area contributed by atoms with E-state index >= 15 is 0 Å². The van der Waals surface area contributed by atoms with Crippen LogP contribution in [0.4, 0.5) is 0 Å². The second-order valence-corrected chi connectivity index (χ2v) is 3.93. The minimum atomic E-state index is -0.451. The Morgan fingerprint density at radius 2 is 2.29 bits per heavy atom. The highest BCUT2D eigenvalue weighted by atomic mass is 16.3. The first-order chi connectivity index (χ1) is 6.74. The summed E-state index contributed by atoms with van der Waals surface area (Å²) in [6.07, 6.45) is 2.55. The summed E-state index contributed by atoms with van der Waals surface area (Å²) in [7, 11) is 0. The van der Waals surface area contributed by atoms with Crippen LogP contribution in [0, 0.1) is 0 Å². The van der Waals surface area contributed by atoms with E-state index in [1.54, 1.807) is 0 Å².